The maximum Gasteiger partial charge on any atom is 0.320 e. The molecule has 0 bridgehead atoms. The average molecular weight is 367 g/mol. The molecule has 1 aliphatic rings. The minimum Gasteiger partial charge on any atom is -0.338 e. The van der Waals surface area contributed by atoms with Crippen LogP contribution < -0.4 is 10.6 Å². The first-order valence-electron chi connectivity index (χ1n) is 9.66. The molecule has 1 aliphatic heterocycles. The summed E-state index contributed by atoms with van der Waals surface area (Å²) in [5.41, 5.74) is 3.30. The highest BCUT2D eigenvalue weighted by molar-refractivity contribution is 5.88. The number of nitrogens with one attached hydrogen (secondary N) is 2. The average Bonchev–Trinajstić information content (AvgIpc) is 3.10. The molecule has 5 heteroatoms. The van der Waals surface area contributed by atoms with Gasteiger partial charge in [0.05, 0.1) is 0 Å². The van der Waals surface area contributed by atoms with Crippen molar-refractivity contribution in [1.82, 2.24) is 15.2 Å². The van der Waals surface area contributed by atoms with Crippen molar-refractivity contribution in [3.05, 3.63) is 48.2 Å². The number of rotatable bonds is 4. The molecule has 27 heavy (non-hydrogen) atoms. The zero-order valence-corrected chi connectivity index (χ0v) is 16.7. The van der Waals surface area contributed by atoms with Crippen LogP contribution >= 0.6 is 0 Å². The van der Waals surface area contributed by atoms with Crippen LogP contribution in [0.4, 0.5) is 10.6 Å². The fourth-order valence-corrected chi connectivity index (χ4v) is 3.56. The third kappa shape index (κ3) is 5.07. The predicted octanol–water partition coefficient (Wildman–Crippen LogP) is 4.30. The highest BCUT2D eigenvalue weighted by atomic mass is 16.2. The monoisotopic (exact) mass is 366 g/mol. The third-order valence-electron chi connectivity index (χ3n) is 5.20. The van der Waals surface area contributed by atoms with E-state index in [1.807, 2.05) is 37.3 Å². The fraction of sp³-hybridized carbons (Fsp3) is 0.455. The van der Waals surface area contributed by atoms with Crippen molar-refractivity contribution < 1.29 is 4.79 Å². The van der Waals surface area contributed by atoms with Gasteiger partial charge < -0.3 is 5.32 Å². The lowest BCUT2D eigenvalue weighted by molar-refractivity contribution is 0.168. The van der Waals surface area contributed by atoms with Gasteiger partial charge in [-0.15, -0.1) is 0 Å². The first-order chi connectivity index (χ1) is 12.8. The van der Waals surface area contributed by atoms with Gasteiger partial charge in [-0.05, 0) is 64.3 Å². The van der Waals surface area contributed by atoms with E-state index in [1.54, 1.807) is 0 Å². The minimum atomic E-state index is -0.191. The Morgan fingerprint density at radius 2 is 1.93 bits per heavy atom. The lowest BCUT2D eigenvalue weighted by Crippen LogP contribution is -2.40. The third-order valence-corrected chi connectivity index (χ3v) is 5.20. The van der Waals surface area contributed by atoms with Crippen molar-refractivity contribution in [2.45, 2.75) is 39.7 Å². The van der Waals surface area contributed by atoms with E-state index in [2.05, 4.69) is 53.4 Å². The molecule has 1 atom stereocenters. The molecule has 3 rings (SSSR count). The summed E-state index contributed by atoms with van der Waals surface area (Å²) in [6.45, 7) is 11.5. The Bertz CT molecular complexity index is 783. The Kier molecular flexibility index (Phi) is 5.80. The Labute approximate surface area is 162 Å². The van der Waals surface area contributed by atoms with Gasteiger partial charge in [-0.3, -0.25) is 10.2 Å². The molecule has 0 spiro atoms. The molecule has 2 amide bonds. The van der Waals surface area contributed by atoms with Crippen molar-refractivity contribution in [2.75, 3.05) is 25.0 Å². The second-order valence-electron chi connectivity index (χ2n) is 8.30. The molecule has 2 aromatic rings. The number of anilines is 1. The molecular formula is C22H30N4O. The molecule has 5 nitrogen and oxygen atoms in total. The van der Waals surface area contributed by atoms with Crippen molar-refractivity contribution >= 4 is 11.8 Å². The number of hydrogen-bond acceptors (Lipinski definition) is 3. The van der Waals surface area contributed by atoms with Crippen LogP contribution in [-0.4, -0.2) is 41.1 Å². The SMILES string of the molecule is Cc1nc(NC(=O)NCC2CCN(C(C)(C)C)C2)ccc1-c1ccccc1. The molecule has 1 fully saturated rings. The summed E-state index contributed by atoms with van der Waals surface area (Å²) in [6, 6.07) is 13.8. The van der Waals surface area contributed by atoms with E-state index in [-0.39, 0.29) is 11.6 Å². The number of carbonyl (C=O) groups is 1. The largest absolute Gasteiger partial charge is 0.338 e. The first kappa shape index (κ1) is 19.4. The van der Waals surface area contributed by atoms with Crippen molar-refractivity contribution in [2.24, 2.45) is 5.92 Å². The van der Waals surface area contributed by atoms with Gasteiger partial charge in [-0.1, -0.05) is 30.3 Å². The topological polar surface area (TPSA) is 57.3 Å². The smallest absolute Gasteiger partial charge is 0.320 e. The molecule has 1 aromatic heterocycles. The summed E-state index contributed by atoms with van der Waals surface area (Å²) >= 11 is 0. The Morgan fingerprint density at radius 1 is 1.19 bits per heavy atom. The number of hydrogen-bond donors (Lipinski definition) is 2. The van der Waals surface area contributed by atoms with Crippen LogP contribution in [0, 0.1) is 12.8 Å². The molecule has 1 aromatic carbocycles. The van der Waals surface area contributed by atoms with Crippen LogP contribution in [0.5, 0.6) is 0 Å². The van der Waals surface area contributed by atoms with Crippen molar-refractivity contribution in [3.8, 4) is 11.1 Å². The molecule has 2 N–H and O–H groups in total. The highest BCUT2D eigenvalue weighted by Crippen LogP contribution is 2.24. The Hall–Kier alpha value is -2.40. The number of amides is 2. The second-order valence-corrected chi connectivity index (χ2v) is 8.30. The van der Waals surface area contributed by atoms with Gasteiger partial charge in [0.2, 0.25) is 0 Å². The first-order valence-corrected chi connectivity index (χ1v) is 9.66. The number of urea groups is 1. The maximum absolute atomic E-state index is 12.2. The van der Waals surface area contributed by atoms with Gasteiger partial charge in [-0.25, -0.2) is 9.78 Å². The quantitative estimate of drug-likeness (QED) is 0.848. The van der Waals surface area contributed by atoms with E-state index in [0.29, 0.717) is 18.3 Å². The van der Waals surface area contributed by atoms with E-state index in [0.717, 1.165) is 36.3 Å². The summed E-state index contributed by atoms with van der Waals surface area (Å²) in [6.07, 6.45) is 1.13. The fourth-order valence-electron chi connectivity index (χ4n) is 3.56. The molecular weight excluding hydrogens is 336 g/mol. The normalized spacial score (nSPS) is 17.7. The van der Waals surface area contributed by atoms with Crippen LogP contribution in [-0.2, 0) is 0 Å². The van der Waals surface area contributed by atoms with Gasteiger partial charge >= 0.3 is 6.03 Å². The molecule has 144 valence electrons. The van der Waals surface area contributed by atoms with Crippen LogP contribution in [0.1, 0.15) is 32.9 Å². The Morgan fingerprint density at radius 3 is 2.56 bits per heavy atom. The lowest BCUT2D eigenvalue weighted by Gasteiger charge is -2.31. The van der Waals surface area contributed by atoms with Crippen LogP contribution in [0.25, 0.3) is 11.1 Å². The van der Waals surface area contributed by atoms with Gasteiger partial charge in [0.15, 0.2) is 0 Å². The van der Waals surface area contributed by atoms with E-state index in [4.69, 9.17) is 0 Å². The minimum absolute atomic E-state index is 0.191. The van der Waals surface area contributed by atoms with E-state index in [1.165, 1.54) is 0 Å². The number of likely N-dealkylation sites (tertiary alicyclic amines) is 1. The van der Waals surface area contributed by atoms with Gasteiger partial charge in [0, 0.05) is 29.9 Å². The molecule has 2 heterocycles. The van der Waals surface area contributed by atoms with E-state index >= 15 is 0 Å². The highest BCUT2D eigenvalue weighted by Gasteiger charge is 2.30. The number of carbonyl (C=O) groups excluding carboxylic acids is 1. The lowest BCUT2D eigenvalue weighted by atomic mass is 10.0. The second kappa shape index (κ2) is 8.09. The number of nitrogens with zero attached hydrogens (tertiary/aromatic N) is 2. The number of benzene rings is 1. The summed E-state index contributed by atoms with van der Waals surface area (Å²) in [4.78, 5) is 19.2. The zero-order chi connectivity index (χ0) is 19.4. The summed E-state index contributed by atoms with van der Waals surface area (Å²) in [7, 11) is 0. The predicted molar refractivity (Wildman–Crippen MR) is 111 cm³/mol. The van der Waals surface area contributed by atoms with Crippen LogP contribution in [0.15, 0.2) is 42.5 Å². The maximum atomic E-state index is 12.2. The van der Waals surface area contributed by atoms with E-state index < -0.39 is 0 Å². The summed E-state index contributed by atoms with van der Waals surface area (Å²) in [5, 5.41) is 5.85. The summed E-state index contributed by atoms with van der Waals surface area (Å²) in [5.74, 6) is 1.08. The standard InChI is InChI=1S/C22H30N4O/c1-16-19(18-8-6-5-7-9-18)10-11-20(24-16)25-21(27)23-14-17-12-13-26(15-17)22(2,3)4/h5-11,17H,12-15H2,1-4H3,(H2,23,24,25,27). The molecule has 1 saturated heterocycles. The van der Waals surface area contributed by atoms with Crippen molar-refractivity contribution in [1.29, 1.82) is 0 Å². The Balaban J connectivity index is 1.52. The number of pyridine rings is 1. The molecule has 0 radical (unpaired) electrons. The molecule has 0 aliphatic carbocycles. The van der Waals surface area contributed by atoms with E-state index in [9.17, 15) is 4.79 Å². The molecule has 1 unspecified atom stereocenters. The van der Waals surface area contributed by atoms with Crippen LogP contribution in [0.2, 0.25) is 0 Å². The van der Waals surface area contributed by atoms with Gasteiger partial charge in [-0.2, -0.15) is 0 Å². The number of aromatic nitrogens is 1. The molecule has 0 saturated carbocycles. The van der Waals surface area contributed by atoms with Crippen LogP contribution in [0.3, 0.4) is 0 Å². The zero-order valence-electron chi connectivity index (χ0n) is 16.7. The van der Waals surface area contributed by atoms with Gasteiger partial charge in [0.25, 0.3) is 0 Å². The van der Waals surface area contributed by atoms with Gasteiger partial charge in [0.1, 0.15) is 5.82 Å². The summed E-state index contributed by atoms with van der Waals surface area (Å²) < 4.78 is 0. The van der Waals surface area contributed by atoms with Crippen molar-refractivity contribution in [3.63, 3.8) is 0 Å². The number of aryl methyl sites for hydroxylation is 1.